The standard InChI is InChI=1S/C51H76N14O17/c1-25(2)41(48(78)60-31(16-20-39(56)69)50(80)65-22-8-12-35(65)47(77)62-33(51(81)82)23-27-9-5-4-6-10-27)63-42(72)26(3)57-45(75)32(24-40(70)71)61-44(74)29(14-18-37(54)67)58-46(76)34-11-7-21-64(34)49(79)30(15-19-38(55)68)59-43(73)28(52)13-17-36(53)66/h4-6,9-10,25-26,28-35,41H,7-8,11-24,52H2,1-3H3,(H2,53,66)(H2,54,67)(H2,55,68)(H2,56,69)(H,57,75)(H,58,76)(H,59,73)(H,60,78)(H,61,74)(H,62,77)(H,63,72)(H,70,71)(H,81,82)/t26-,28-,29-,30-,31-,32-,33-,34-,35-,41-/m0/s1. The molecule has 13 amide bonds. The Morgan fingerprint density at radius 2 is 0.939 bits per heavy atom. The molecule has 0 radical (unpaired) electrons. The van der Waals surface area contributed by atoms with Crippen LogP contribution in [-0.4, -0.2) is 182 Å². The zero-order chi connectivity index (χ0) is 61.5. The highest BCUT2D eigenvalue weighted by atomic mass is 16.4. The van der Waals surface area contributed by atoms with Crippen LogP contribution >= 0.6 is 0 Å². The zero-order valence-electron chi connectivity index (χ0n) is 45.9. The molecule has 10 atom stereocenters. The van der Waals surface area contributed by atoms with Gasteiger partial charge in [0.1, 0.15) is 54.4 Å². The lowest BCUT2D eigenvalue weighted by molar-refractivity contribution is -0.145. The van der Waals surface area contributed by atoms with Crippen molar-refractivity contribution in [1.82, 2.24) is 47.0 Å². The Morgan fingerprint density at radius 3 is 1.39 bits per heavy atom. The van der Waals surface area contributed by atoms with E-state index in [1.165, 1.54) is 13.8 Å². The summed E-state index contributed by atoms with van der Waals surface area (Å²) in [7, 11) is 0. The molecule has 31 nitrogen and oxygen atoms in total. The molecular formula is C51H76N14O17. The van der Waals surface area contributed by atoms with Gasteiger partial charge in [0.15, 0.2) is 0 Å². The Labute approximate surface area is 471 Å². The number of aliphatic carboxylic acids is 2. The summed E-state index contributed by atoms with van der Waals surface area (Å²) in [6.45, 7) is 4.18. The first kappa shape index (κ1) is 67.5. The summed E-state index contributed by atoms with van der Waals surface area (Å²) in [6.07, 6.45) is -3.35. The lowest BCUT2D eigenvalue weighted by Gasteiger charge is -2.31. The van der Waals surface area contributed by atoms with Gasteiger partial charge in [0.25, 0.3) is 0 Å². The van der Waals surface area contributed by atoms with Gasteiger partial charge >= 0.3 is 11.9 Å². The number of hydrogen-bond acceptors (Lipinski definition) is 16. The van der Waals surface area contributed by atoms with Gasteiger partial charge in [-0.15, -0.1) is 0 Å². The molecule has 452 valence electrons. The Kier molecular flexibility index (Phi) is 26.7. The summed E-state index contributed by atoms with van der Waals surface area (Å²) in [5.41, 5.74) is 27.7. The van der Waals surface area contributed by atoms with Crippen molar-refractivity contribution in [2.45, 2.75) is 171 Å². The second-order valence-electron chi connectivity index (χ2n) is 20.4. The maximum atomic E-state index is 14.1. The molecule has 0 unspecified atom stereocenters. The molecule has 82 heavy (non-hydrogen) atoms. The van der Waals surface area contributed by atoms with Crippen molar-refractivity contribution in [3.8, 4) is 0 Å². The summed E-state index contributed by atoms with van der Waals surface area (Å²) in [5.74, 6) is -15.7. The molecule has 0 aromatic heterocycles. The third-order valence-corrected chi connectivity index (χ3v) is 13.5. The second kappa shape index (κ2) is 32.5. The van der Waals surface area contributed by atoms with E-state index in [-0.39, 0.29) is 70.9 Å². The highest BCUT2D eigenvalue weighted by Crippen LogP contribution is 2.23. The number of carbonyl (C=O) groups excluding carboxylic acids is 13. The number of benzene rings is 1. The van der Waals surface area contributed by atoms with E-state index in [1.807, 2.05) is 0 Å². The minimum absolute atomic E-state index is 0.0148. The maximum Gasteiger partial charge on any atom is 0.326 e. The summed E-state index contributed by atoms with van der Waals surface area (Å²) < 4.78 is 0. The minimum atomic E-state index is -1.96. The number of amides is 13. The molecule has 19 N–H and O–H groups in total. The molecule has 0 aliphatic carbocycles. The number of nitrogens with two attached hydrogens (primary N) is 5. The lowest BCUT2D eigenvalue weighted by atomic mass is 10.0. The van der Waals surface area contributed by atoms with E-state index >= 15 is 0 Å². The quantitative estimate of drug-likeness (QED) is 0.0306. The summed E-state index contributed by atoms with van der Waals surface area (Å²) in [5, 5.41) is 36.4. The van der Waals surface area contributed by atoms with Crippen molar-refractivity contribution in [1.29, 1.82) is 0 Å². The van der Waals surface area contributed by atoms with Crippen LogP contribution in [0.3, 0.4) is 0 Å². The number of nitrogens with one attached hydrogen (secondary N) is 7. The number of nitrogens with zero attached hydrogens (tertiary/aromatic N) is 2. The number of carboxylic acids is 2. The van der Waals surface area contributed by atoms with Crippen LogP contribution in [0.15, 0.2) is 30.3 Å². The lowest BCUT2D eigenvalue weighted by Crippen LogP contribution is -2.61. The first-order chi connectivity index (χ1) is 38.5. The average molecular weight is 1160 g/mol. The fraction of sp³-hybridized carbons (Fsp3) is 0.588. The van der Waals surface area contributed by atoms with E-state index in [9.17, 15) is 82.1 Å². The normalized spacial score (nSPS) is 17.7. The van der Waals surface area contributed by atoms with Crippen molar-refractivity contribution in [2.24, 2.45) is 34.6 Å². The van der Waals surface area contributed by atoms with Gasteiger partial charge in [0.2, 0.25) is 76.8 Å². The van der Waals surface area contributed by atoms with Gasteiger partial charge in [-0.2, -0.15) is 0 Å². The number of hydrogen-bond donors (Lipinski definition) is 14. The molecule has 2 aliphatic rings. The first-order valence-corrected chi connectivity index (χ1v) is 26.6. The number of likely N-dealkylation sites (tertiary alicyclic amines) is 2. The fourth-order valence-corrected chi connectivity index (χ4v) is 9.05. The SMILES string of the molecule is CC(C)[C@H](NC(=O)[C@H](C)NC(=O)[C@H](CC(=O)O)NC(=O)[C@H](CCC(N)=O)NC(=O)[C@@H]1CCCN1C(=O)[C@H](CCC(N)=O)NC(=O)[C@@H](N)CCC(N)=O)C(=O)N[C@@H](CCC(N)=O)C(=O)N1CCC[C@H]1C(=O)N[C@@H](Cc1ccccc1)C(=O)O. The molecule has 3 rings (SSSR count). The highest BCUT2D eigenvalue weighted by Gasteiger charge is 2.42. The van der Waals surface area contributed by atoms with Crippen molar-refractivity contribution in [3.63, 3.8) is 0 Å². The van der Waals surface area contributed by atoms with Crippen molar-refractivity contribution < 1.29 is 82.1 Å². The summed E-state index contributed by atoms with van der Waals surface area (Å²) in [4.78, 5) is 197. The van der Waals surface area contributed by atoms with Crippen LogP contribution in [0.1, 0.15) is 110 Å². The van der Waals surface area contributed by atoms with Crippen LogP contribution in [0.25, 0.3) is 0 Å². The Morgan fingerprint density at radius 1 is 0.512 bits per heavy atom. The molecule has 2 aliphatic heterocycles. The van der Waals surface area contributed by atoms with Crippen LogP contribution in [0.5, 0.6) is 0 Å². The van der Waals surface area contributed by atoms with E-state index in [0.717, 1.165) is 16.7 Å². The molecule has 31 heteroatoms. The number of rotatable bonds is 34. The molecular weight excluding hydrogens is 1080 g/mol. The van der Waals surface area contributed by atoms with E-state index in [0.29, 0.717) is 12.0 Å². The minimum Gasteiger partial charge on any atom is -0.481 e. The highest BCUT2D eigenvalue weighted by molar-refractivity contribution is 6.00. The Bertz CT molecular complexity index is 2550. The Hall–Kier alpha value is -8.77. The molecule has 2 saturated heterocycles. The van der Waals surface area contributed by atoms with Gasteiger partial charge in [0, 0.05) is 45.2 Å². The van der Waals surface area contributed by atoms with E-state index in [2.05, 4.69) is 37.2 Å². The molecule has 0 bridgehead atoms. The largest absolute Gasteiger partial charge is 0.481 e. The first-order valence-electron chi connectivity index (χ1n) is 26.6. The third kappa shape index (κ3) is 21.7. The number of carboxylic acid groups (broad SMARTS) is 2. The van der Waals surface area contributed by atoms with Gasteiger partial charge < -0.3 is 85.9 Å². The zero-order valence-corrected chi connectivity index (χ0v) is 45.9. The average Bonchev–Trinajstić information content (AvgIpc) is 4.18. The van der Waals surface area contributed by atoms with Crippen molar-refractivity contribution in [2.75, 3.05) is 13.1 Å². The summed E-state index contributed by atoms with van der Waals surface area (Å²) >= 11 is 0. The smallest absolute Gasteiger partial charge is 0.326 e. The summed E-state index contributed by atoms with van der Waals surface area (Å²) in [6, 6.07) is -6.22. The molecule has 0 saturated carbocycles. The maximum absolute atomic E-state index is 14.1. The van der Waals surface area contributed by atoms with E-state index < -0.39 is 181 Å². The van der Waals surface area contributed by atoms with Crippen LogP contribution in [0.2, 0.25) is 0 Å². The van der Waals surface area contributed by atoms with Gasteiger partial charge in [-0.05, 0) is 69.8 Å². The second-order valence-corrected chi connectivity index (χ2v) is 20.4. The predicted octanol–water partition coefficient (Wildman–Crippen LogP) is -5.77. The fourth-order valence-electron chi connectivity index (χ4n) is 9.05. The third-order valence-electron chi connectivity index (χ3n) is 13.5. The number of carbonyl (C=O) groups is 15. The van der Waals surface area contributed by atoms with Crippen LogP contribution < -0.4 is 65.9 Å². The van der Waals surface area contributed by atoms with Gasteiger partial charge in [-0.25, -0.2) is 4.79 Å². The molecule has 1 aromatic rings. The number of primary amides is 4. The molecule has 0 spiro atoms. The molecule has 1 aromatic carbocycles. The van der Waals surface area contributed by atoms with Gasteiger partial charge in [-0.1, -0.05) is 44.2 Å². The van der Waals surface area contributed by atoms with Crippen molar-refractivity contribution >= 4 is 88.7 Å². The van der Waals surface area contributed by atoms with E-state index in [4.69, 9.17) is 28.7 Å². The van der Waals surface area contributed by atoms with Crippen LogP contribution in [0, 0.1) is 5.92 Å². The van der Waals surface area contributed by atoms with Gasteiger partial charge in [-0.3, -0.25) is 67.1 Å². The van der Waals surface area contributed by atoms with Crippen molar-refractivity contribution in [3.05, 3.63) is 35.9 Å². The van der Waals surface area contributed by atoms with Crippen LogP contribution in [0.4, 0.5) is 0 Å². The van der Waals surface area contributed by atoms with E-state index in [1.54, 1.807) is 30.3 Å². The monoisotopic (exact) mass is 1160 g/mol. The van der Waals surface area contributed by atoms with Gasteiger partial charge in [0.05, 0.1) is 12.5 Å². The molecule has 2 fully saturated rings. The topological polar surface area (TPSA) is 517 Å². The predicted molar refractivity (Wildman–Crippen MR) is 285 cm³/mol. The van der Waals surface area contributed by atoms with Crippen LogP contribution in [-0.2, 0) is 78.3 Å². The molecule has 2 heterocycles. The Balaban J connectivity index is 1.76.